The maximum Gasteiger partial charge on any atom is 0.126 e. The van der Waals surface area contributed by atoms with Gasteiger partial charge in [-0.2, -0.15) is 0 Å². The van der Waals surface area contributed by atoms with Crippen LogP contribution in [0.1, 0.15) is 37.0 Å². The molecule has 0 aliphatic heterocycles. The molecule has 0 amide bonds. The van der Waals surface area contributed by atoms with Gasteiger partial charge in [0, 0.05) is 5.54 Å². The minimum Gasteiger partial charge on any atom is -0.321 e. The minimum absolute atomic E-state index is 0.188. The van der Waals surface area contributed by atoms with Crippen LogP contribution >= 0.6 is 0 Å². The van der Waals surface area contributed by atoms with Gasteiger partial charge in [0.05, 0.1) is 0 Å². The Morgan fingerprint density at radius 3 is 2.30 bits per heavy atom. The molecule has 2 heteroatoms. The lowest BCUT2D eigenvalue weighted by atomic mass is 9.86. The van der Waals surface area contributed by atoms with Crippen LogP contribution in [0.4, 0.5) is 4.39 Å². The zero-order valence-electron chi connectivity index (χ0n) is 12.2. The quantitative estimate of drug-likeness (QED) is 0.866. The van der Waals surface area contributed by atoms with Gasteiger partial charge in [0.1, 0.15) is 5.82 Å². The summed E-state index contributed by atoms with van der Waals surface area (Å²) in [4.78, 5) is 0. The molecule has 0 aliphatic rings. The van der Waals surface area contributed by atoms with Gasteiger partial charge >= 0.3 is 0 Å². The zero-order valence-corrected chi connectivity index (χ0v) is 12.2. The molecule has 106 valence electrons. The van der Waals surface area contributed by atoms with Crippen molar-refractivity contribution in [1.29, 1.82) is 0 Å². The molecule has 20 heavy (non-hydrogen) atoms. The highest BCUT2D eigenvalue weighted by Crippen LogP contribution is 2.24. The van der Waals surface area contributed by atoms with E-state index in [9.17, 15) is 4.39 Å². The van der Waals surface area contributed by atoms with E-state index in [2.05, 4.69) is 31.2 Å². The number of hydrogen-bond acceptors (Lipinski definition) is 1. The molecule has 1 atom stereocenters. The first kappa shape index (κ1) is 14.7. The molecular weight excluding hydrogens is 249 g/mol. The second-order valence-corrected chi connectivity index (χ2v) is 5.63. The number of aryl methyl sites for hydroxylation is 1. The van der Waals surface area contributed by atoms with E-state index in [0.29, 0.717) is 12.0 Å². The summed E-state index contributed by atoms with van der Waals surface area (Å²) < 4.78 is 13.7. The van der Waals surface area contributed by atoms with Crippen LogP contribution in [0.3, 0.4) is 0 Å². The van der Waals surface area contributed by atoms with Crippen LogP contribution in [0.5, 0.6) is 0 Å². The SMILES string of the molecule is CCCc1ccc(C(C)(N)Cc2ccccc2F)cc1. The lowest BCUT2D eigenvalue weighted by Gasteiger charge is -2.26. The summed E-state index contributed by atoms with van der Waals surface area (Å²) in [5.41, 5.74) is 8.86. The normalized spacial score (nSPS) is 14.0. The van der Waals surface area contributed by atoms with Gasteiger partial charge in [-0.15, -0.1) is 0 Å². The predicted octanol–water partition coefficient (Wildman–Crippen LogP) is 4.19. The van der Waals surface area contributed by atoms with E-state index in [1.807, 2.05) is 13.0 Å². The molecule has 0 heterocycles. The number of benzene rings is 2. The summed E-state index contributed by atoms with van der Waals surface area (Å²) >= 11 is 0. The van der Waals surface area contributed by atoms with E-state index in [0.717, 1.165) is 18.4 Å². The van der Waals surface area contributed by atoms with Crippen molar-refractivity contribution in [2.24, 2.45) is 5.73 Å². The van der Waals surface area contributed by atoms with Crippen LogP contribution in [-0.4, -0.2) is 0 Å². The topological polar surface area (TPSA) is 26.0 Å². The average Bonchev–Trinajstić information content (AvgIpc) is 2.42. The van der Waals surface area contributed by atoms with Crippen LogP contribution in [0.25, 0.3) is 0 Å². The Bertz CT molecular complexity index is 558. The Morgan fingerprint density at radius 2 is 1.70 bits per heavy atom. The van der Waals surface area contributed by atoms with Crippen molar-refractivity contribution in [2.45, 2.75) is 38.6 Å². The lowest BCUT2D eigenvalue weighted by Crippen LogP contribution is -2.35. The van der Waals surface area contributed by atoms with E-state index in [-0.39, 0.29) is 5.82 Å². The third-order valence-corrected chi connectivity index (χ3v) is 3.67. The first-order valence-electron chi connectivity index (χ1n) is 7.14. The van der Waals surface area contributed by atoms with E-state index in [4.69, 9.17) is 5.73 Å². The maximum absolute atomic E-state index is 13.7. The smallest absolute Gasteiger partial charge is 0.126 e. The molecule has 2 rings (SSSR count). The summed E-state index contributed by atoms with van der Waals surface area (Å²) in [6, 6.07) is 15.2. The van der Waals surface area contributed by atoms with Crippen molar-refractivity contribution in [1.82, 2.24) is 0 Å². The van der Waals surface area contributed by atoms with E-state index >= 15 is 0 Å². The first-order valence-corrected chi connectivity index (χ1v) is 7.14. The van der Waals surface area contributed by atoms with Crippen LogP contribution in [0.15, 0.2) is 48.5 Å². The highest BCUT2D eigenvalue weighted by molar-refractivity contribution is 5.31. The van der Waals surface area contributed by atoms with Gasteiger partial charge in [-0.3, -0.25) is 0 Å². The van der Waals surface area contributed by atoms with Gasteiger partial charge in [-0.1, -0.05) is 55.8 Å². The number of hydrogen-bond donors (Lipinski definition) is 1. The van der Waals surface area contributed by atoms with Crippen LogP contribution in [0.2, 0.25) is 0 Å². The third-order valence-electron chi connectivity index (χ3n) is 3.67. The Balaban J connectivity index is 2.19. The van der Waals surface area contributed by atoms with Gasteiger partial charge in [-0.25, -0.2) is 4.39 Å². The highest BCUT2D eigenvalue weighted by atomic mass is 19.1. The van der Waals surface area contributed by atoms with Gasteiger partial charge in [-0.05, 0) is 42.5 Å². The largest absolute Gasteiger partial charge is 0.321 e. The molecule has 2 aromatic rings. The number of rotatable bonds is 5. The van der Waals surface area contributed by atoms with Gasteiger partial charge in [0.15, 0.2) is 0 Å². The zero-order chi connectivity index (χ0) is 14.6. The van der Waals surface area contributed by atoms with E-state index < -0.39 is 5.54 Å². The number of nitrogens with two attached hydrogens (primary N) is 1. The fourth-order valence-electron chi connectivity index (χ4n) is 2.48. The van der Waals surface area contributed by atoms with Crippen molar-refractivity contribution in [3.05, 3.63) is 71.0 Å². The molecule has 2 N–H and O–H groups in total. The average molecular weight is 271 g/mol. The van der Waals surface area contributed by atoms with Crippen molar-refractivity contribution >= 4 is 0 Å². The molecule has 0 aromatic heterocycles. The molecule has 0 spiro atoms. The number of halogens is 1. The Labute approximate surface area is 120 Å². The predicted molar refractivity (Wildman–Crippen MR) is 82.1 cm³/mol. The molecule has 0 aliphatic carbocycles. The molecule has 1 unspecified atom stereocenters. The monoisotopic (exact) mass is 271 g/mol. The standard InChI is InChI=1S/C18H22FN/c1-3-6-14-9-11-16(12-10-14)18(2,20)13-15-7-4-5-8-17(15)19/h4-5,7-12H,3,6,13,20H2,1-2H3. The fourth-order valence-corrected chi connectivity index (χ4v) is 2.48. The summed E-state index contributed by atoms with van der Waals surface area (Å²) in [7, 11) is 0. The molecule has 0 saturated carbocycles. The molecule has 0 fully saturated rings. The Morgan fingerprint density at radius 1 is 1.05 bits per heavy atom. The van der Waals surface area contributed by atoms with Crippen molar-refractivity contribution in [3.8, 4) is 0 Å². The van der Waals surface area contributed by atoms with Gasteiger partial charge in [0.25, 0.3) is 0 Å². The Kier molecular flexibility index (Phi) is 4.56. The van der Waals surface area contributed by atoms with Crippen molar-refractivity contribution in [3.63, 3.8) is 0 Å². The molecule has 1 nitrogen and oxygen atoms in total. The molecule has 0 bridgehead atoms. The molecule has 0 saturated heterocycles. The van der Waals surface area contributed by atoms with Crippen molar-refractivity contribution in [2.75, 3.05) is 0 Å². The summed E-state index contributed by atoms with van der Waals surface area (Å²) in [5, 5.41) is 0. The van der Waals surface area contributed by atoms with Gasteiger partial charge < -0.3 is 5.73 Å². The maximum atomic E-state index is 13.7. The van der Waals surface area contributed by atoms with E-state index in [1.165, 1.54) is 11.6 Å². The molecule has 0 radical (unpaired) electrons. The minimum atomic E-state index is -0.563. The highest BCUT2D eigenvalue weighted by Gasteiger charge is 2.22. The van der Waals surface area contributed by atoms with Crippen LogP contribution in [-0.2, 0) is 18.4 Å². The fraction of sp³-hybridized carbons (Fsp3) is 0.333. The van der Waals surface area contributed by atoms with E-state index in [1.54, 1.807) is 12.1 Å². The lowest BCUT2D eigenvalue weighted by molar-refractivity contribution is 0.475. The summed E-state index contributed by atoms with van der Waals surface area (Å²) in [5.74, 6) is -0.188. The Hall–Kier alpha value is -1.67. The second-order valence-electron chi connectivity index (χ2n) is 5.63. The molecule has 2 aromatic carbocycles. The van der Waals surface area contributed by atoms with Gasteiger partial charge in [0.2, 0.25) is 0 Å². The van der Waals surface area contributed by atoms with Crippen LogP contribution < -0.4 is 5.73 Å². The summed E-state index contributed by atoms with van der Waals surface area (Å²) in [6.45, 7) is 4.12. The summed E-state index contributed by atoms with van der Waals surface area (Å²) in [6.07, 6.45) is 2.70. The second kappa shape index (κ2) is 6.19. The van der Waals surface area contributed by atoms with Crippen molar-refractivity contribution < 1.29 is 4.39 Å². The molecular formula is C18H22FN. The third kappa shape index (κ3) is 3.45. The first-order chi connectivity index (χ1) is 9.53. The van der Waals surface area contributed by atoms with Crippen LogP contribution in [0, 0.1) is 5.82 Å².